The van der Waals surface area contributed by atoms with E-state index in [0.29, 0.717) is 0 Å². The molecule has 0 saturated carbocycles. The van der Waals surface area contributed by atoms with Crippen molar-refractivity contribution in [1.29, 1.82) is 0 Å². The van der Waals surface area contributed by atoms with E-state index < -0.39 is 17.6 Å². The minimum Gasteiger partial charge on any atom is -0.479 e. The lowest BCUT2D eigenvalue weighted by Crippen LogP contribution is -2.37. The fraction of sp³-hybridized carbons (Fsp3) is 0.667. The van der Waals surface area contributed by atoms with Gasteiger partial charge in [0.15, 0.2) is 0 Å². The third-order valence-electron chi connectivity index (χ3n) is 1.56. The van der Waals surface area contributed by atoms with Crippen LogP contribution < -0.4 is 0 Å². The third kappa shape index (κ3) is 2.18. The van der Waals surface area contributed by atoms with Gasteiger partial charge in [-0.1, -0.05) is 6.92 Å². The summed E-state index contributed by atoms with van der Waals surface area (Å²) in [5.41, 5.74) is -2.38. The van der Waals surface area contributed by atoms with Crippen LogP contribution in [0.4, 0.5) is 4.39 Å². The van der Waals surface area contributed by atoms with Crippen LogP contribution >= 0.6 is 0 Å². The van der Waals surface area contributed by atoms with Crippen molar-refractivity contribution in [3.05, 3.63) is 0 Å². The van der Waals surface area contributed by atoms with E-state index in [4.69, 9.17) is 10.3 Å². The van der Waals surface area contributed by atoms with Gasteiger partial charge in [0, 0.05) is 5.92 Å². The standard InChI is InChI=1S/C6H10FNO3/c1-4(3-8-11)6(2,7)5(9)10/h3-4,11H,1-2H3,(H,9,10). The highest BCUT2D eigenvalue weighted by Gasteiger charge is 2.38. The summed E-state index contributed by atoms with van der Waals surface area (Å²) in [6.07, 6.45) is 0.841. The Balaban J connectivity index is 4.41. The molecular weight excluding hydrogens is 153 g/mol. The number of carboxylic acids is 1. The van der Waals surface area contributed by atoms with Gasteiger partial charge < -0.3 is 10.3 Å². The summed E-state index contributed by atoms with van der Waals surface area (Å²) >= 11 is 0. The van der Waals surface area contributed by atoms with Crippen LogP contribution in [-0.4, -0.2) is 28.2 Å². The molecule has 0 amide bonds. The first-order chi connectivity index (χ1) is 4.92. The predicted molar refractivity (Wildman–Crippen MR) is 36.6 cm³/mol. The molecule has 0 spiro atoms. The molecule has 2 unspecified atom stereocenters. The summed E-state index contributed by atoms with van der Waals surface area (Å²) in [6, 6.07) is 0. The molecule has 64 valence electrons. The van der Waals surface area contributed by atoms with Crippen molar-refractivity contribution in [3.8, 4) is 0 Å². The molecule has 0 rings (SSSR count). The Labute approximate surface area is 63.3 Å². The average molecular weight is 163 g/mol. The number of carboxylic acid groups (broad SMARTS) is 1. The molecule has 4 nitrogen and oxygen atoms in total. The minimum atomic E-state index is -2.38. The van der Waals surface area contributed by atoms with Crippen LogP contribution in [-0.2, 0) is 4.79 Å². The van der Waals surface area contributed by atoms with Crippen LogP contribution in [0.15, 0.2) is 5.16 Å². The summed E-state index contributed by atoms with van der Waals surface area (Å²) < 4.78 is 13.0. The molecule has 2 N–H and O–H groups in total. The topological polar surface area (TPSA) is 69.9 Å². The van der Waals surface area contributed by atoms with Gasteiger partial charge in [-0.25, -0.2) is 9.18 Å². The fourth-order valence-electron chi connectivity index (χ4n) is 0.435. The zero-order valence-corrected chi connectivity index (χ0v) is 6.28. The quantitative estimate of drug-likeness (QED) is 0.369. The number of hydrogen-bond acceptors (Lipinski definition) is 3. The number of nitrogens with zero attached hydrogens (tertiary/aromatic N) is 1. The first-order valence-corrected chi connectivity index (χ1v) is 3.02. The molecule has 0 aliphatic rings. The molecule has 0 aliphatic heterocycles. The van der Waals surface area contributed by atoms with Gasteiger partial charge in [-0.3, -0.25) is 0 Å². The summed E-state index contributed by atoms with van der Waals surface area (Å²) in [5.74, 6) is -2.52. The first-order valence-electron chi connectivity index (χ1n) is 3.02. The van der Waals surface area contributed by atoms with Crippen LogP contribution in [0.1, 0.15) is 13.8 Å². The maximum atomic E-state index is 13.0. The van der Waals surface area contributed by atoms with Crippen LogP contribution in [0.5, 0.6) is 0 Å². The average Bonchev–Trinajstić information content (AvgIpc) is 1.88. The van der Waals surface area contributed by atoms with E-state index in [-0.39, 0.29) is 0 Å². The Bertz CT molecular complexity index is 179. The maximum Gasteiger partial charge on any atom is 0.341 e. The molecule has 0 aromatic heterocycles. The van der Waals surface area contributed by atoms with Gasteiger partial charge in [0.05, 0.1) is 6.21 Å². The van der Waals surface area contributed by atoms with Crippen LogP contribution in [0.25, 0.3) is 0 Å². The van der Waals surface area contributed by atoms with Crippen LogP contribution in [0, 0.1) is 5.92 Å². The highest BCUT2D eigenvalue weighted by atomic mass is 19.1. The second-order valence-electron chi connectivity index (χ2n) is 2.43. The van der Waals surface area contributed by atoms with Gasteiger partial charge in [-0.2, -0.15) is 0 Å². The molecule has 0 aromatic rings. The Morgan fingerprint density at radius 1 is 1.82 bits per heavy atom. The highest BCUT2D eigenvalue weighted by Crippen LogP contribution is 2.20. The lowest BCUT2D eigenvalue weighted by Gasteiger charge is -2.18. The van der Waals surface area contributed by atoms with E-state index in [1.165, 1.54) is 6.92 Å². The highest BCUT2D eigenvalue weighted by molar-refractivity contribution is 5.82. The molecule has 0 radical (unpaired) electrons. The Kier molecular flexibility index (Phi) is 2.98. The second-order valence-corrected chi connectivity index (χ2v) is 2.43. The van der Waals surface area contributed by atoms with Crippen molar-refractivity contribution in [2.45, 2.75) is 19.5 Å². The Morgan fingerprint density at radius 2 is 2.27 bits per heavy atom. The monoisotopic (exact) mass is 163 g/mol. The van der Waals surface area contributed by atoms with E-state index in [0.717, 1.165) is 13.1 Å². The number of hydrogen-bond donors (Lipinski definition) is 2. The molecule has 0 fully saturated rings. The minimum absolute atomic E-state index is 0.841. The van der Waals surface area contributed by atoms with Crippen LogP contribution in [0.3, 0.4) is 0 Å². The molecule has 0 bridgehead atoms. The summed E-state index contributed by atoms with van der Waals surface area (Å²) in [4.78, 5) is 10.2. The van der Waals surface area contributed by atoms with Crippen molar-refractivity contribution in [2.24, 2.45) is 11.1 Å². The lowest BCUT2D eigenvalue weighted by molar-refractivity contribution is -0.151. The number of alkyl halides is 1. The first kappa shape index (κ1) is 9.87. The van der Waals surface area contributed by atoms with Crippen molar-refractivity contribution in [3.63, 3.8) is 0 Å². The van der Waals surface area contributed by atoms with Gasteiger partial charge in [-0.05, 0) is 6.92 Å². The maximum absolute atomic E-state index is 13.0. The van der Waals surface area contributed by atoms with Crippen molar-refractivity contribution in [1.82, 2.24) is 0 Å². The molecule has 0 aliphatic carbocycles. The van der Waals surface area contributed by atoms with Gasteiger partial charge in [0.1, 0.15) is 0 Å². The Morgan fingerprint density at radius 3 is 2.55 bits per heavy atom. The van der Waals surface area contributed by atoms with Crippen molar-refractivity contribution >= 4 is 12.2 Å². The second kappa shape index (κ2) is 3.32. The van der Waals surface area contributed by atoms with E-state index in [9.17, 15) is 9.18 Å². The molecular formula is C6H10FNO3. The fourth-order valence-corrected chi connectivity index (χ4v) is 0.435. The largest absolute Gasteiger partial charge is 0.479 e. The molecule has 11 heavy (non-hydrogen) atoms. The number of aliphatic carboxylic acids is 1. The van der Waals surface area contributed by atoms with Crippen LogP contribution in [0.2, 0.25) is 0 Å². The predicted octanol–water partition coefficient (Wildman–Crippen LogP) is 0.895. The summed E-state index contributed by atoms with van der Waals surface area (Å²) in [6.45, 7) is 2.23. The SMILES string of the molecule is CC(C=NO)C(C)(F)C(=O)O. The van der Waals surface area contributed by atoms with E-state index in [2.05, 4.69) is 5.16 Å². The summed E-state index contributed by atoms with van der Waals surface area (Å²) in [5, 5.41) is 18.9. The number of halogens is 1. The van der Waals surface area contributed by atoms with E-state index in [1.807, 2.05) is 0 Å². The van der Waals surface area contributed by atoms with E-state index in [1.54, 1.807) is 0 Å². The van der Waals surface area contributed by atoms with Crippen molar-refractivity contribution < 1.29 is 19.5 Å². The number of oxime groups is 1. The normalized spacial score (nSPS) is 19.5. The smallest absolute Gasteiger partial charge is 0.341 e. The molecule has 0 aromatic carbocycles. The zero-order valence-electron chi connectivity index (χ0n) is 6.28. The van der Waals surface area contributed by atoms with Gasteiger partial charge >= 0.3 is 5.97 Å². The van der Waals surface area contributed by atoms with Gasteiger partial charge in [0.25, 0.3) is 0 Å². The molecule has 2 atom stereocenters. The summed E-state index contributed by atoms with van der Waals surface area (Å²) in [7, 11) is 0. The molecule has 5 heteroatoms. The molecule has 0 heterocycles. The zero-order chi connectivity index (χ0) is 9.07. The van der Waals surface area contributed by atoms with Gasteiger partial charge in [-0.15, -0.1) is 5.16 Å². The van der Waals surface area contributed by atoms with Crippen molar-refractivity contribution in [2.75, 3.05) is 0 Å². The lowest BCUT2D eigenvalue weighted by atomic mass is 9.94. The van der Waals surface area contributed by atoms with Gasteiger partial charge in [0.2, 0.25) is 5.67 Å². The molecule has 0 saturated heterocycles. The van der Waals surface area contributed by atoms with E-state index >= 15 is 0 Å². The third-order valence-corrected chi connectivity index (χ3v) is 1.56. The number of rotatable bonds is 3. The Hall–Kier alpha value is -1.13. The number of carbonyl (C=O) groups is 1.